The van der Waals surface area contributed by atoms with Gasteiger partial charge < -0.3 is 9.15 Å². The van der Waals surface area contributed by atoms with Gasteiger partial charge in [0, 0.05) is 22.7 Å². The van der Waals surface area contributed by atoms with Crippen molar-refractivity contribution in [2.45, 2.75) is 45.6 Å². The lowest BCUT2D eigenvalue weighted by molar-refractivity contribution is -0.118. The van der Waals surface area contributed by atoms with Crippen molar-refractivity contribution in [1.29, 1.82) is 5.41 Å². The molecule has 0 unspecified atom stereocenters. The molecule has 0 aliphatic carbocycles. The number of carbonyl (C=O) groups excluding carboxylic acids is 1. The van der Waals surface area contributed by atoms with E-state index in [9.17, 15) is 9.59 Å². The van der Waals surface area contributed by atoms with Crippen LogP contribution in [0, 0.1) is 5.41 Å². The Labute approximate surface area is 228 Å². The van der Waals surface area contributed by atoms with E-state index < -0.39 is 11.3 Å². The second-order valence-electron chi connectivity index (χ2n) is 10.2. The number of hydrogen-bond donors (Lipinski definition) is 1. The van der Waals surface area contributed by atoms with Crippen molar-refractivity contribution in [2.24, 2.45) is 0 Å². The molecule has 1 amide bonds. The Morgan fingerprint density at radius 2 is 1.67 bits per heavy atom. The molecule has 0 saturated carbocycles. The monoisotopic (exact) mass is 540 g/mol. The third kappa shape index (κ3) is 4.64. The first-order valence-corrected chi connectivity index (χ1v) is 13.6. The Balaban J connectivity index is 1.53. The highest BCUT2D eigenvalue weighted by molar-refractivity contribution is 7.18. The third-order valence-electron chi connectivity index (χ3n) is 6.95. The van der Waals surface area contributed by atoms with Gasteiger partial charge in [-0.1, -0.05) is 36.4 Å². The zero-order chi connectivity index (χ0) is 27.1. The van der Waals surface area contributed by atoms with Crippen molar-refractivity contribution in [2.75, 3.05) is 4.90 Å². The lowest BCUT2D eigenvalue weighted by Gasteiger charge is -2.30. The predicted molar refractivity (Wildman–Crippen MR) is 150 cm³/mol. The predicted octanol–water partition coefficient (Wildman–Crippen LogP) is 5.20. The van der Waals surface area contributed by atoms with E-state index in [0.29, 0.717) is 40.4 Å². The highest BCUT2D eigenvalue weighted by atomic mass is 32.1. The maximum absolute atomic E-state index is 14.0. The lowest BCUT2D eigenvalue weighted by atomic mass is 9.94. The van der Waals surface area contributed by atoms with E-state index in [1.165, 1.54) is 20.5 Å². The largest absolute Gasteiger partial charge is 0.467 e. The van der Waals surface area contributed by atoms with E-state index in [1.807, 2.05) is 74.5 Å². The van der Waals surface area contributed by atoms with Gasteiger partial charge in [-0.15, -0.1) is 11.3 Å². The fourth-order valence-electron chi connectivity index (χ4n) is 5.08. The van der Waals surface area contributed by atoms with E-state index >= 15 is 0 Å². The van der Waals surface area contributed by atoms with E-state index in [-0.39, 0.29) is 24.5 Å². The molecule has 0 atom stereocenters. The molecule has 39 heavy (non-hydrogen) atoms. The van der Waals surface area contributed by atoms with Crippen LogP contribution in [0.2, 0.25) is 0 Å². The van der Waals surface area contributed by atoms with Gasteiger partial charge in [0.1, 0.15) is 22.6 Å². The molecule has 4 heterocycles. The molecule has 0 radical (unpaired) electrons. The molecular formula is C30H28N4O4S. The molecule has 0 saturated heterocycles. The number of furan rings is 1. The van der Waals surface area contributed by atoms with Crippen molar-refractivity contribution in [1.82, 2.24) is 9.13 Å². The van der Waals surface area contributed by atoms with Gasteiger partial charge in [0.15, 0.2) is 0 Å². The third-order valence-corrected chi connectivity index (χ3v) is 8.18. The van der Waals surface area contributed by atoms with Crippen LogP contribution in [0.5, 0.6) is 0 Å². The summed E-state index contributed by atoms with van der Waals surface area (Å²) in [7, 11) is 0. The van der Waals surface area contributed by atoms with Gasteiger partial charge in [-0.05, 0) is 55.8 Å². The van der Waals surface area contributed by atoms with Gasteiger partial charge >= 0.3 is 5.69 Å². The smallest absolute Gasteiger partial charge is 0.331 e. The summed E-state index contributed by atoms with van der Waals surface area (Å²) < 4.78 is 14.5. The minimum absolute atomic E-state index is 0.0976. The molecule has 0 bridgehead atoms. The topological polar surface area (TPSA) is 93.5 Å². The van der Waals surface area contributed by atoms with E-state index in [4.69, 9.17) is 14.6 Å². The summed E-state index contributed by atoms with van der Waals surface area (Å²) in [5.41, 5.74) is 1.71. The fourth-order valence-corrected chi connectivity index (χ4v) is 6.30. The minimum atomic E-state index is -0.433. The first-order valence-electron chi connectivity index (χ1n) is 12.7. The summed E-state index contributed by atoms with van der Waals surface area (Å²) in [4.78, 5) is 31.2. The van der Waals surface area contributed by atoms with Crippen LogP contribution >= 0.6 is 11.3 Å². The van der Waals surface area contributed by atoms with Crippen molar-refractivity contribution in [3.05, 3.63) is 111 Å². The average Bonchev–Trinajstić information content (AvgIpc) is 3.58. The van der Waals surface area contributed by atoms with Crippen LogP contribution in [0.3, 0.4) is 0 Å². The Morgan fingerprint density at radius 1 is 1.00 bits per heavy atom. The number of thiophene rings is 1. The normalized spacial score (nSPS) is 14.3. The number of para-hydroxylation sites is 2. The molecule has 9 heteroatoms. The number of carbonyl (C=O) groups is 1. The molecule has 3 aromatic heterocycles. The van der Waals surface area contributed by atoms with E-state index in [0.717, 1.165) is 10.4 Å². The van der Waals surface area contributed by atoms with E-state index in [1.54, 1.807) is 23.3 Å². The number of aromatic nitrogens is 2. The van der Waals surface area contributed by atoms with Crippen LogP contribution in [-0.2, 0) is 35.6 Å². The molecule has 1 aliphatic heterocycles. The minimum Gasteiger partial charge on any atom is -0.467 e. The number of benzene rings is 2. The first kappa shape index (κ1) is 25.1. The summed E-state index contributed by atoms with van der Waals surface area (Å²) in [5, 5.41) is 9.77. The highest BCUT2D eigenvalue weighted by Gasteiger charge is 2.32. The Bertz CT molecular complexity index is 1730. The number of fused-ring (bicyclic) bond motifs is 3. The van der Waals surface area contributed by atoms with Gasteiger partial charge in [0.25, 0.3) is 5.91 Å². The number of rotatable bonds is 6. The fraction of sp³-hybridized carbons (Fsp3) is 0.233. The second-order valence-corrected chi connectivity index (χ2v) is 11.3. The quantitative estimate of drug-likeness (QED) is 0.320. The summed E-state index contributed by atoms with van der Waals surface area (Å²) in [6.45, 7) is 4.36. The molecule has 8 nitrogen and oxygen atoms in total. The number of hydrogen-bond acceptors (Lipinski definition) is 6. The summed E-state index contributed by atoms with van der Waals surface area (Å²) in [6, 6.07) is 22.3. The Kier molecular flexibility index (Phi) is 6.32. The average molecular weight is 541 g/mol. The number of nitrogens with one attached hydrogen (secondary N) is 1. The van der Waals surface area contributed by atoms with Crippen LogP contribution in [0.4, 0.5) is 11.4 Å². The SMILES string of the molecule is CC1(C)Cc2c(sc3c2c(=N)n(Cc2ccco2)c(=O)n3CC(=O)N(c2ccccc2)c2ccccc2)CO1. The van der Waals surface area contributed by atoms with Crippen LogP contribution in [-0.4, -0.2) is 20.6 Å². The van der Waals surface area contributed by atoms with Gasteiger partial charge in [0.05, 0.1) is 30.4 Å². The second kappa shape index (κ2) is 9.83. The molecule has 0 spiro atoms. The van der Waals surface area contributed by atoms with Crippen LogP contribution < -0.4 is 16.1 Å². The first-order chi connectivity index (χ1) is 18.8. The molecule has 0 fully saturated rings. The highest BCUT2D eigenvalue weighted by Crippen LogP contribution is 2.37. The van der Waals surface area contributed by atoms with Gasteiger partial charge in [-0.2, -0.15) is 0 Å². The Hall–Kier alpha value is -4.21. The maximum Gasteiger partial charge on any atom is 0.331 e. The zero-order valence-electron chi connectivity index (χ0n) is 21.7. The standard InChI is InChI=1S/C30H28N4O4S/c1-30(2)16-23-24(19-38-30)39-28-26(23)27(31)32(17-22-14-9-15-37-22)29(36)33(28)18-25(35)34(20-10-5-3-6-11-20)21-12-7-4-8-13-21/h3-15,31H,16-19H2,1-2H3. The molecule has 2 aromatic carbocycles. The van der Waals surface area contributed by atoms with Crippen molar-refractivity contribution >= 4 is 38.8 Å². The van der Waals surface area contributed by atoms with Gasteiger partial charge in [-0.3, -0.25) is 24.2 Å². The molecule has 1 aliphatic rings. The maximum atomic E-state index is 14.0. The number of nitrogens with zero attached hydrogens (tertiary/aromatic N) is 3. The van der Waals surface area contributed by atoms with Crippen LogP contribution in [0.1, 0.15) is 30.0 Å². The molecule has 5 aromatic rings. The van der Waals surface area contributed by atoms with Crippen LogP contribution in [0.25, 0.3) is 10.2 Å². The Morgan fingerprint density at radius 3 is 2.28 bits per heavy atom. The lowest BCUT2D eigenvalue weighted by Crippen LogP contribution is -2.43. The summed E-state index contributed by atoms with van der Waals surface area (Å²) >= 11 is 1.43. The molecule has 198 valence electrons. The van der Waals surface area contributed by atoms with E-state index in [2.05, 4.69) is 0 Å². The van der Waals surface area contributed by atoms with Gasteiger partial charge in [0.2, 0.25) is 0 Å². The van der Waals surface area contributed by atoms with Crippen molar-refractivity contribution < 1.29 is 13.9 Å². The number of anilines is 2. The number of ether oxygens (including phenoxy) is 1. The molecule has 6 rings (SSSR count). The zero-order valence-corrected chi connectivity index (χ0v) is 22.5. The summed E-state index contributed by atoms with van der Waals surface area (Å²) in [5.74, 6) is 0.298. The number of amides is 1. The summed E-state index contributed by atoms with van der Waals surface area (Å²) in [6.07, 6.45) is 2.16. The van der Waals surface area contributed by atoms with Gasteiger partial charge in [-0.25, -0.2) is 4.79 Å². The van der Waals surface area contributed by atoms with Crippen LogP contribution in [0.15, 0.2) is 88.3 Å². The molecular weight excluding hydrogens is 512 g/mol. The molecule has 1 N–H and O–H groups in total. The van der Waals surface area contributed by atoms with Crippen molar-refractivity contribution in [3.8, 4) is 0 Å². The van der Waals surface area contributed by atoms with Crippen molar-refractivity contribution in [3.63, 3.8) is 0 Å².